The molecule has 0 bridgehead atoms. The van der Waals surface area contributed by atoms with Crippen LogP contribution in [0.2, 0.25) is 0 Å². The molecule has 1 heteroatoms. The second-order valence-corrected chi connectivity index (χ2v) is 6.10. The Morgan fingerprint density at radius 3 is 1.88 bits per heavy atom. The van der Waals surface area contributed by atoms with Crippen molar-refractivity contribution in [2.45, 2.75) is 33.7 Å². The monoisotopic (exact) mass is 217 g/mol. The van der Waals surface area contributed by atoms with Gasteiger partial charge in [-0.2, -0.15) is 0 Å². The Labute approximate surface area is 99.3 Å². The summed E-state index contributed by atoms with van der Waals surface area (Å²) in [4.78, 5) is 0. The summed E-state index contributed by atoms with van der Waals surface area (Å²) in [5.41, 5.74) is 2.26. The van der Waals surface area contributed by atoms with Crippen molar-refractivity contribution in [2.75, 3.05) is 7.05 Å². The average Bonchev–Trinajstić information content (AvgIpc) is 2.64. The van der Waals surface area contributed by atoms with E-state index in [1.54, 1.807) is 0 Å². The minimum atomic E-state index is 0.427. The molecule has 0 aliphatic heterocycles. The van der Waals surface area contributed by atoms with E-state index in [-0.39, 0.29) is 0 Å². The van der Waals surface area contributed by atoms with Gasteiger partial charge in [0.25, 0.3) is 0 Å². The molecular formula is C15H23N. The summed E-state index contributed by atoms with van der Waals surface area (Å²) in [6, 6.07) is 11.3. The van der Waals surface area contributed by atoms with Crippen molar-refractivity contribution in [3.8, 4) is 0 Å². The van der Waals surface area contributed by atoms with Crippen LogP contribution in [-0.2, 0) is 0 Å². The Balaban J connectivity index is 2.27. The number of benzene rings is 1. The van der Waals surface area contributed by atoms with Gasteiger partial charge in [0.1, 0.15) is 0 Å². The molecule has 1 aromatic rings. The van der Waals surface area contributed by atoms with Crippen molar-refractivity contribution >= 4 is 0 Å². The zero-order valence-electron chi connectivity index (χ0n) is 11.0. The Bertz CT molecular complexity index is 350. The highest BCUT2D eigenvalue weighted by Gasteiger charge is 2.67. The van der Waals surface area contributed by atoms with E-state index in [0.29, 0.717) is 22.8 Å². The van der Waals surface area contributed by atoms with Crippen molar-refractivity contribution in [1.29, 1.82) is 0 Å². The fourth-order valence-corrected chi connectivity index (χ4v) is 3.27. The van der Waals surface area contributed by atoms with Crippen LogP contribution in [0.3, 0.4) is 0 Å². The van der Waals surface area contributed by atoms with Crippen LogP contribution in [-0.4, -0.2) is 7.05 Å². The summed E-state index contributed by atoms with van der Waals surface area (Å²) in [7, 11) is 2.07. The van der Waals surface area contributed by atoms with Crippen molar-refractivity contribution in [3.05, 3.63) is 35.9 Å². The lowest BCUT2D eigenvalue weighted by atomic mass is 9.97. The third-order valence-corrected chi connectivity index (χ3v) is 4.94. The Hall–Kier alpha value is -0.820. The van der Waals surface area contributed by atoms with E-state index in [1.165, 1.54) is 5.56 Å². The quantitative estimate of drug-likeness (QED) is 0.815. The van der Waals surface area contributed by atoms with Crippen LogP contribution in [0.4, 0.5) is 0 Å². The van der Waals surface area contributed by atoms with Crippen molar-refractivity contribution in [2.24, 2.45) is 16.7 Å². The highest BCUT2D eigenvalue weighted by molar-refractivity contribution is 5.27. The molecular weight excluding hydrogens is 194 g/mol. The van der Waals surface area contributed by atoms with E-state index in [0.717, 1.165) is 0 Å². The molecule has 1 N–H and O–H groups in total. The van der Waals surface area contributed by atoms with Gasteiger partial charge in [-0.15, -0.1) is 0 Å². The lowest BCUT2D eigenvalue weighted by molar-refractivity contribution is 0.438. The second-order valence-electron chi connectivity index (χ2n) is 6.10. The number of hydrogen-bond acceptors (Lipinski definition) is 1. The first-order valence-corrected chi connectivity index (χ1v) is 6.15. The molecule has 1 aliphatic carbocycles. The predicted octanol–water partition coefficient (Wildman–Crippen LogP) is 3.63. The maximum atomic E-state index is 3.49. The van der Waals surface area contributed by atoms with E-state index in [2.05, 4.69) is 70.4 Å². The molecule has 0 spiro atoms. The maximum absolute atomic E-state index is 3.49. The molecule has 1 unspecified atom stereocenters. The summed E-state index contributed by atoms with van der Waals surface area (Å²) in [6.45, 7) is 9.52. The zero-order chi connectivity index (χ0) is 12.0. The highest BCUT2D eigenvalue weighted by atomic mass is 14.9. The first-order valence-electron chi connectivity index (χ1n) is 6.15. The summed E-state index contributed by atoms with van der Waals surface area (Å²) < 4.78 is 0. The van der Waals surface area contributed by atoms with Crippen LogP contribution in [0, 0.1) is 16.7 Å². The second kappa shape index (κ2) is 3.59. The molecule has 1 atom stereocenters. The molecule has 88 valence electrons. The molecule has 1 aliphatic rings. The van der Waals surface area contributed by atoms with Crippen molar-refractivity contribution < 1.29 is 0 Å². The lowest BCUT2D eigenvalue weighted by Gasteiger charge is -2.19. The fraction of sp³-hybridized carbons (Fsp3) is 0.600. The molecule has 0 radical (unpaired) electrons. The molecule has 1 saturated carbocycles. The third kappa shape index (κ3) is 1.49. The normalized spacial score (nSPS) is 24.1. The van der Waals surface area contributed by atoms with E-state index in [1.807, 2.05) is 0 Å². The van der Waals surface area contributed by atoms with E-state index < -0.39 is 0 Å². The number of nitrogens with one attached hydrogen (secondary N) is 1. The van der Waals surface area contributed by atoms with Crippen LogP contribution in [0.25, 0.3) is 0 Å². The van der Waals surface area contributed by atoms with Gasteiger partial charge in [-0.3, -0.25) is 0 Å². The van der Waals surface area contributed by atoms with Crippen LogP contribution >= 0.6 is 0 Å². The number of hydrogen-bond donors (Lipinski definition) is 1. The van der Waals surface area contributed by atoms with Crippen LogP contribution in [0.1, 0.15) is 39.3 Å². The summed E-state index contributed by atoms with van der Waals surface area (Å²) in [5, 5.41) is 3.49. The van der Waals surface area contributed by atoms with Gasteiger partial charge in [0, 0.05) is 6.04 Å². The van der Waals surface area contributed by atoms with Gasteiger partial charge >= 0.3 is 0 Å². The summed E-state index contributed by atoms with van der Waals surface area (Å²) >= 11 is 0. The first-order chi connectivity index (χ1) is 7.43. The lowest BCUT2D eigenvalue weighted by Crippen LogP contribution is -2.21. The van der Waals surface area contributed by atoms with E-state index in [4.69, 9.17) is 0 Å². The average molecular weight is 217 g/mol. The highest BCUT2D eigenvalue weighted by Crippen LogP contribution is 2.72. The van der Waals surface area contributed by atoms with Gasteiger partial charge in [-0.05, 0) is 29.4 Å². The molecule has 0 heterocycles. The smallest absolute Gasteiger partial charge is 0.0356 e. The molecule has 1 fully saturated rings. The topological polar surface area (TPSA) is 12.0 Å². The molecule has 16 heavy (non-hydrogen) atoms. The number of rotatable bonds is 3. The molecule has 0 amide bonds. The Kier molecular flexibility index (Phi) is 2.62. The minimum Gasteiger partial charge on any atom is -0.313 e. The van der Waals surface area contributed by atoms with Gasteiger partial charge in [-0.25, -0.2) is 0 Å². The molecule has 2 rings (SSSR count). The van der Waals surface area contributed by atoms with Crippen LogP contribution < -0.4 is 5.32 Å². The van der Waals surface area contributed by atoms with Gasteiger partial charge < -0.3 is 5.32 Å². The van der Waals surface area contributed by atoms with Crippen LogP contribution in [0.15, 0.2) is 30.3 Å². The van der Waals surface area contributed by atoms with Gasteiger partial charge in [-0.1, -0.05) is 58.0 Å². The van der Waals surface area contributed by atoms with E-state index >= 15 is 0 Å². The largest absolute Gasteiger partial charge is 0.313 e. The molecule has 1 nitrogen and oxygen atoms in total. The molecule has 0 saturated heterocycles. The molecule has 1 aromatic carbocycles. The van der Waals surface area contributed by atoms with Crippen molar-refractivity contribution in [1.82, 2.24) is 5.32 Å². The zero-order valence-corrected chi connectivity index (χ0v) is 11.0. The Morgan fingerprint density at radius 2 is 1.50 bits per heavy atom. The standard InChI is InChI=1S/C15H23N/c1-14(2)13(15(14,3)4)12(16-5)11-9-7-6-8-10-11/h6-10,12-13,16H,1-5H3. The maximum Gasteiger partial charge on any atom is 0.0356 e. The predicted molar refractivity (Wildman–Crippen MR) is 69.3 cm³/mol. The summed E-state index contributed by atoms with van der Waals surface area (Å²) in [6.07, 6.45) is 0. The fourth-order valence-electron chi connectivity index (χ4n) is 3.27. The third-order valence-electron chi connectivity index (χ3n) is 4.94. The summed E-state index contributed by atoms with van der Waals surface area (Å²) in [5.74, 6) is 0.715. The molecule has 0 aromatic heterocycles. The van der Waals surface area contributed by atoms with Gasteiger partial charge in [0.05, 0.1) is 0 Å². The SMILES string of the molecule is CNC(c1ccccc1)C1C(C)(C)C1(C)C. The van der Waals surface area contributed by atoms with Gasteiger partial charge in [0.15, 0.2) is 0 Å². The first kappa shape index (κ1) is 11.7. The Morgan fingerprint density at radius 1 is 1.00 bits per heavy atom. The van der Waals surface area contributed by atoms with Gasteiger partial charge in [0.2, 0.25) is 0 Å². The minimum absolute atomic E-state index is 0.427. The van der Waals surface area contributed by atoms with E-state index in [9.17, 15) is 0 Å². The van der Waals surface area contributed by atoms with Crippen LogP contribution in [0.5, 0.6) is 0 Å². The van der Waals surface area contributed by atoms with Crippen molar-refractivity contribution in [3.63, 3.8) is 0 Å².